The second-order valence-corrected chi connectivity index (χ2v) is 7.30. The Hall–Kier alpha value is -2.85. The molecule has 0 fully saturated rings. The molecule has 0 aliphatic rings. The topological polar surface area (TPSA) is 35.5 Å². The van der Waals surface area contributed by atoms with E-state index in [9.17, 15) is 4.79 Å². The van der Waals surface area contributed by atoms with Gasteiger partial charge < -0.3 is 9.47 Å². The summed E-state index contributed by atoms with van der Waals surface area (Å²) in [5.74, 6) is 1.25. The summed E-state index contributed by atoms with van der Waals surface area (Å²) in [7, 11) is 1.60. The van der Waals surface area contributed by atoms with E-state index in [2.05, 4.69) is 15.9 Å². The van der Waals surface area contributed by atoms with Gasteiger partial charge in [-0.1, -0.05) is 70.0 Å². The van der Waals surface area contributed by atoms with Crippen molar-refractivity contribution in [1.29, 1.82) is 0 Å². The van der Waals surface area contributed by atoms with Crippen LogP contribution in [0.25, 0.3) is 6.08 Å². The third-order valence-electron chi connectivity index (χ3n) is 4.26. The van der Waals surface area contributed by atoms with E-state index in [1.165, 1.54) is 0 Å². The van der Waals surface area contributed by atoms with Gasteiger partial charge in [-0.2, -0.15) is 0 Å². The zero-order valence-corrected chi connectivity index (χ0v) is 17.4. The summed E-state index contributed by atoms with van der Waals surface area (Å²) < 4.78 is 12.4. The molecule has 3 aromatic rings. The lowest BCUT2D eigenvalue weighted by atomic mass is 10.1. The summed E-state index contributed by atoms with van der Waals surface area (Å²) in [6.45, 7) is 2.45. The average molecular weight is 437 g/mol. The summed E-state index contributed by atoms with van der Waals surface area (Å²) in [6, 6.07) is 21.1. The van der Waals surface area contributed by atoms with Crippen molar-refractivity contribution in [2.24, 2.45) is 0 Å². The largest absolute Gasteiger partial charge is 0.493 e. The van der Waals surface area contributed by atoms with E-state index in [0.717, 1.165) is 21.2 Å². The molecule has 3 nitrogen and oxygen atoms in total. The zero-order valence-electron chi connectivity index (χ0n) is 15.8. The van der Waals surface area contributed by atoms with E-state index in [-0.39, 0.29) is 5.78 Å². The van der Waals surface area contributed by atoms with Gasteiger partial charge in [-0.05, 0) is 48.4 Å². The molecule has 0 heterocycles. The Bertz CT molecular complexity index is 974. The molecular formula is C24H21BrO3. The lowest BCUT2D eigenvalue weighted by Crippen LogP contribution is -1.98. The van der Waals surface area contributed by atoms with Gasteiger partial charge in [-0.25, -0.2) is 0 Å². The summed E-state index contributed by atoms with van der Waals surface area (Å²) in [4.78, 5) is 12.3. The van der Waals surface area contributed by atoms with Gasteiger partial charge in [0.05, 0.1) is 7.11 Å². The highest BCUT2D eigenvalue weighted by Crippen LogP contribution is 2.29. The molecule has 3 rings (SSSR count). The SMILES string of the molecule is COc1cc(/C=C/C(=O)c2ccc(C)cc2)ccc1OCc1ccc(Br)cc1. The van der Waals surface area contributed by atoms with Crippen molar-refractivity contribution in [2.45, 2.75) is 13.5 Å². The van der Waals surface area contributed by atoms with Crippen LogP contribution in [0.5, 0.6) is 11.5 Å². The molecule has 0 saturated carbocycles. The van der Waals surface area contributed by atoms with Gasteiger partial charge in [0.1, 0.15) is 6.61 Å². The molecule has 0 bridgehead atoms. The smallest absolute Gasteiger partial charge is 0.185 e. The van der Waals surface area contributed by atoms with Crippen LogP contribution < -0.4 is 9.47 Å². The fraction of sp³-hybridized carbons (Fsp3) is 0.125. The number of carbonyl (C=O) groups is 1. The van der Waals surface area contributed by atoms with Gasteiger partial charge in [0.15, 0.2) is 17.3 Å². The Kier molecular flexibility index (Phi) is 6.66. The van der Waals surface area contributed by atoms with E-state index >= 15 is 0 Å². The van der Waals surface area contributed by atoms with Crippen LogP contribution in [0.4, 0.5) is 0 Å². The number of hydrogen-bond donors (Lipinski definition) is 0. The number of halogens is 1. The normalized spacial score (nSPS) is 10.8. The Morgan fingerprint density at radius 2 is 1.68 bits per heavy atom. The maximum Gasteiger partial charge on any atom is 0.185 e. The molecule has 0 unspecified atom stereocenters. The fourth-order valence-electron chi connectivity index (χ4n) is 2.63. The molecule has 0 saturated heterocycles. The van der Waals surface area contributed by atoms with Crippen molar-refractivity contribution in [3.05, 3.63) is 99.5 Å². The van der Waals surface area contributed by atoms with Crippen molar-refractivity contribution < 1.29 is 14.3 Å². The minimum Gasteiger partial charge on any atom is -0.493 e. The number of ether oxygens (including phenoxy) is 2. The highest BCUT2D eigenvalue weighted by molar-refractivity contribution is 9.10. The van der Waals surface area contributed by atoms with Crippen molar-refractivity contribution in [3.63, 3.8) is 0 Å². The van der Waals surface area contributed by atoms with Crippen LogP contribution in [0.3, 0.4) is 0 Å². The van der Waals surface area contributed by atoms with Gasteiger partial charge in [0, 0.05) is 10.0 Å². The lowest BCUT2D eigenvalue weighted by Gasteiger charge is -2.11. The van der Waals surface area contributed by atoms with Gasteiger partial charge in [0.2, 0.25) is 0 Å². The Morgan fingerprint density at radius 3 is 2.36 bits per heavy atom. The first-order chi connectivity index (χ1) is 13.5. The number of carbonyl (C=O) groups excluding carboxylic acids is 1. The maximum absolute atomic E-state index is 12.3. The van der Waals surface area contributed by atoms with Gasteiger partial charge in [-0.15, -0.1) is 0 Å². The van der Waals surface area contributed by atoms with Crippen LogP contribution >= 0.6 is 15.9 Å². The molecule has 0 spiro atoms. The van der Waals surface area contributed by atoms with Crippen LogP contribution in [0, 0.1) is 6.92 Å². The predicted molar refractivity (Wildman–Crippen MR) is 116 cm³/mol. The van der Waals surface area contributed by atoms with Gasteiger partial charge >= 0.3 is 0 Å². The van der Waals surface area contributed by atoms with Crippen molar-refractivity contribution >= 4 is 27.8 Å². The lowest BCUT2D eigenvalue weighted by molar-refractivity contribution is 0.104. The van der Waals surface area contributed by atoms with Crippen molar-refractivity contribution in [3.8, 4) is 11.5 Å². The van der Waals surface area contributed by atoms with Crippen LogP contribution in [-0.2, 0) is 6.61 Å². The number of methoxy groups -OCH3 is 1. The molecule has 0 aromatic heterocycles. The number of hydrogen-bond acceptors (Lipinski definition) is 3. The summed E-state index contributed by atoms with van der Waals surface area (Å²) in [6.07, 6.45) is 3.35. The van der Waals surface area contributed by atoms with Gasteiger partial charge in [-0.3, -0.25) is 4.79 Å². The minimum absolute atomic E-state index is 0.0328. The molecule has 0 aliphatic carbocycles. The van der Waals surface area contributed by atoms with Crippen LogP contribution in [0.2, 0.25) is 0 Å². The third-order valence-corrected chi connectivity index (χ3v) is 4.79. The molecule has 28 heavy (non-hydrogen) atoms. The number of ketones is 1. The molecule has 0 amide bonds. The highest BCUT2D eigenvalue weighted by Gasteiger charge is 2.06. The monoisotopic (exact) mass is 436 g/mol. The van der Waals surface area contributed by atoms with Crippen molar-refractivity contribution in [1.82, 2.24) is 0 Å². The van der Waals surface area contributed by atoms with E-state index in [1.54, 1.807) is 19.3 Å². The molecule has 142 valence electrons. The highest BCUT2D eigenvalue weighted by atomic mass is 79.9. The van der Waals surface area contributed by atoms with E-state index < -0.39 is 0 Å². The number of aryl methyl sites for hydroxylation is 1. The maximum atomic E-state index is 12.3. The standard InChI is InChI=1S/C24H21BrO3/c1-17-3-9-20(10-4-17)22(26)13-7-18-8-14-23(24(15-18)27-2)28-16-19-5-11-21(25)12-6-19/h3-15H,16H2,1-2H3/b13-7+. The first-order valence-corrected chi connectivity index (χ1v) is 9.69. The molecular weight excluding hydrogens is 416 g/mol. The number of benzene rings is 3. The molecule has 0 atom stereocenters. The zero-order chi connectivity index (χ0) is 19.9. The van der Waals surface area contributed by atoms with Crippen LogP contribution in [0.1, 0.15) is 27.0 Å². The van der Waals surface area contributed by atoms with E-state index in [0.29, 0.717) is 23.7 Å². The Labute approximate surface area is 173 Å². The quantitative estimate of drug-likeness (QED) is 0.324. The number of allylic oxidation sites excluding steroid dienone is 1. The second-order valence-electron chi connectivity index (χ2n) is 6.39. The predicted octanol–water partition coefficient (Wildman–Crippen LogP) is 6.24. The van der Waals surface area contributed by atoms with Crippen LogP contribution in [0.15, 0.2) is 77.3 Å². The summed E-state index contributed by atoms with van der Waals surface area (Å²) in [5, 5.41) is 0. The first-order valence-electron chi connectivity index (χ1n) is 8.89. The Morgan fingerprint density at radius 1 is 0.964 bits per heavy atom. The molecule has 0 aliphatic heterocycles. The van der Waals surface area contributed by atoms with Crippen molar-refractivity contribution in [2.75, 3.05) is 7.11 Å². The van der Waals surface area contributed by atoms with Crippen LogP contribution in [-0.4, -0.2) is 12.9 Å². The molecule has 4 heteroatoms. The second kappa shape index (κ2) is 9.38. The molecule has 0 radical (unpaired) electrons. The van der Waals surface area contributed by atoms with E-state index in [4.69, 9.17) is 9.47 Å². The fourth-order valence-corrected chi connectivity index (χ4v) is 2.90. The number of rotatable bonds is 7. The van der Waals surface area contributed by atoms with Gasteiger partial charge in [0.25, 0.3) is 0 Å². The summed E-state index contributed by atoms with van der Waals surface area (Å²) >= 11 is 3.42. The molecule has 3 aromatic carbocycles. The molecule has 0 N–H and O–H groups in total. The first kappa shape index (κ1) is 19.9. The Balaban J connectivity index is 1.68. The minimum atomic E-state index is -0.0328. The third kappa shape index (κ3) is 5.33. The average Bonchev–Trinajstić information content (AvgIpc) is 2.72. The van der Waals surface area contributed by atoms with E-state index in [1.807, 2.05) is 73.7 Å². The summed E-state index contributed by atoms with van der Waals surface area (Å²) in [5.41, 5.74) is 3.73.